The molecule has 3 rings (SSSR count). The molecule has 2 atom stereocenters. The molecule has 0 radical (unpaired) electrons. The lowest BCUT2D eigenvalue weighted by molar-refractivity contribution is -0.0678. The van der Waals surface area contributed by atoms with Crippen LogP contribution in [0.1, 0.15) is 57.6 Å². The van der Waals surface area contributed by atoms with Crippen molar-refractivity contribution in [3.63, 3.8) is 0 Å². The maximum Gasteiger partial charge on any atom is 0.126 e. The molecule has 1 heterocycles. The van der Waals surface area contributed by atoms with Crippen molar-refractivity contribution >= 4 is 0 Å². The van der Waals surface area contributed by atoms with Gasteiger partial charge in [-0.05, 0) is 49.3 Å². The fraction of sp³-hybridized carbons (Fsp3) is 0.625. The Kier molecular flexibility index (Phi) is 2.86. The van der Waals surface area contributed by atoms with Gasteiger partial charge < -0.3 is 9.84 Å². The molecule has 1 saturated carbocycles. The van der Waals surface area contributed by atoms with Crippen LogP contribution in [0.4, 0.5) is 4.39 Å². The number of fused-ring (bicyclic) bond motifs is 1. The highest BCUT2D eigenvalue weighted by Crippen LogP contribution is 2.50. The second-order valence-electron chi connectivity index (χ2n) is 6.88. The van der Waals surface area contributed by atoms with Gasteiger partial charge in [-0.2, -0.15) is 0 Å². The largest absolute Gasteiger partial charge is 0.487 e. The molecule has 1 aliphatic heterocycles. The number of rotatable bonds is 0. The Morgan fingerprint density at radius 2 is 2.11 bits per heavy atom. The zero-order valence-electron chi connectivity index (χ0n) is 11.6. The van der Waals surface area contributed by atoms with E-state index in [0.717, 1.165) is 19.3 Å². The third-order valence-corrected chi connectivity index (χ3v) is 4.51. The van der Waals surface area contributed by atoms with Gasteiger partial charge in [0.2, 0.25) is 0 Å². The lowest BCUT2D eigenvalue weighted by Crippen LogP contribution is -2.47. The molecule has 0 amide bonds. The van der Waals surface area contributed by atoms with Gasteiger partial charge in [-0.25, -0.2) is 4.39 Å². The first-order valence-electron chi connectivity index (χ1n) is 7.06. The molecule has 1 spiro atoms. The monoisotopic (exact) mass is 264 g/mol. The van der Waals surface area contributed by atoms with Gasteiger partial charge in [0, 0.05) is 12.0 Å². The quantitative estimate of drug-likeness (QED) is 0.768. The van der Waals surface area contributed by atoms with Crippen LogP contribution in [-0.4, -0.2) is 10.7 Å². The van der Waals surface area contributed by atoms with Crippen LogP contribution < -0.4 is 4.74 Å². The summed E-state index contributed by atoms with van der Waals surface area (Å²) in [6.45, 7) is 4.51. The molecule has 1 N–H and O–H groups in total. The Hall–Kier alpha value is -1.09. The molecule has 0 aromatic heterocycles. The van der Waals surface area contributed by atoms with Crippen molar-refractivity contribution in [2.75, 3.05) is 0 Å². The van der Waals surface area contributed by atoms with Crippen LogP contribution in [-0.2, 0) is 0 Å². The Morgan fingerprint density at radius 1 is 1.32 bits per heavy atom. The first-order chi connectivity index (χ1) is 8.89. The van der Waals surface area contributed by atoms with Crippen molar-refractivity contribution in [3.8, 4) is 5.75 Å². The second-order valence-corrected chi connectivity index (χ2v) is 6.88. The first kappa shape index (κ1) is 12.9. The molecular weight excluding hydrogens is 243 g/mol. The Morgan fingerprint density at radius 3 is 2.84 bits per heavy atom. The van der Waals surface area contributed by atoms with Crippen LogP contribution in [0.25, 0.3) is 0 Å². The zero-order chi connectivity index (χ0) is 13.7. The van der Waals surface area contributed by atoms with Crippen LogP contribution in [0, 0.1) is 11.2 Å². The molecule has 1 aromatic rings. The molecule has 2 aliphatic rings. The number of hydrogen-bond donors (Lipinski definition) is 1. The van der Waals surface area contributed by atoms with Gasteiger partial charge in [0.1, 0.15) is 17.2 Å². The van der Waals surface area contributed by atoms with Gasteiger partial charge in [0.15, 0.2) is 0 Å². The summed E-state index contributed by atoms with van der Waals surface area (Å²) in [4.78, 5) is 0. The molecule has 104 valence electrons. The van der Waals surface area contributed by atoms with Gasteiger partial charge in [0.05, 0.1) is 6.10 Å². The lowest BCUT2D eigenvalue weighted by atomic mass is 9.67. The minimum Gasteiger partial charge on any atom is -0.487 e. The molecule has 19 heavy (non-hydrogen) atoms. The molecule has 1 fully saturated rings. The maximum absolute atomic E-state index is 13.3. The van der Waals surface area contributed by atoms with Gasteiger partial charge >= 0.3 is 0 Å². The van der Waals surface area contributed by atoms with E-state index in [0.29, 0.717) is 17.7 Å². The van der Waals surface area contributed by atoms with E-state index in [1.807, 2.05) is 0 Å². The van der Waals surface area contributed by atoms with Crippen LogP contribution in [0.3, 0.4) is 0 Å². The van der Waals surface area contributed by atoms with Crippen molar-refractivity contribution in [2.24, 2.45) is 5.41 Å². The molecule has 3 heteroatoms. The van der Waals surface area contributed by atoms with Gasteiger partial charge in [0.25, 0.3) is 0 Å². The summed E-state index contributed by atoms with van der Waals surface area (Å²) >= 11 is 0. The summed E-state index contributed by atoms with van der Waals surface area (Å²) in [5.41, 5.74) is 0.565. The fourth-order valence-electron chi connectivity index (χ4n) is 3.81. The summed E-state index contributed by atoms with van der Waals surface area (Å²) in [6.07, 6.45) is 4.21. The predicted molar refractivity (Wildman–Crippen MR) is 71.6 cm³/mol. The highest BCUT2D eigenvalue weighted by Gasteiger charge is 2.46. The summed E-state index contributed by atoms with van der Waals surface area (Å²) in [6, 6.07) is 4.44. The third-order valence-electron chi connectivity index (χ3n) is 4.51. The van der Waals surface area contributed by atoms with Crippen molar-refractivity contribution in [1.82, 2.24) is 0 Å². The van der Waals surface area contributed by atoms with E-state index >= 15 is 0 Å². The molecule has 0 bridgehead atoms. The van der Waals surface area contributed by atoms with Gasteiger partial charge in [-0.1, -0.05) is 13.8 Å². The second kappa shape index (κ2) is 4.20. The van der Waals surface area contributed by atoms with Gasteiger partial charge in [-0.15, -0.1) is 0 Å². The van der Waals surface area contributed by atoms with E-state index < -0.39 is 6.10 Å². The normalized spacial score (nSPS) is 32.7. The topological polar surface area (TPSA) is 29.5 Å². The Labute approximate surface area is 113 Å². The average molecular weight is 264 g/mol. The molecule has 0 saturated heterocycles. The van der Waals surface area contributed by atoms with Crippen LogP contribution in [0.15, 0.2) is 18.2 Å². The zero-order valence-corrected chi connectivity index (χ0v) is 11.6. The van der Waals surface area contributed by atoms with Crippen molar-refractivity contribution in [1.29, 1.82) is 0 Å². The highest BCUT2D eigenvalue weighted by molar-refractivity contribution is 5.38. The van der Waals surface area contributed by atoms with E-state index in [9.17, 15) is 9.50 Å². The Bertz CT molecular complexity index is 498. The van der Waals surface area contributed by atoms with Crippen LogP contribution >= 0.6 is 0 Å². The molecular formula is C16H21FO2. The number of aliphatic hydroxyl groups is 1. The summed E-state index contributed by atoms with van der Waals surface area (Å²) < 4.78 is 19.5. The van der Waals surface area contributed by atoms with E-state index in [1.54, 1.807) is 6.07 Å². The summed E-state index contributed by atoms with van der Waals surface area (Å²) in [5, 5.41) is 10.3. The third kappa shape index (κ3) is 2.36. The maximum atomic E-state index is 13.3. The molecule has 2 nitrogen and oxygen atoms in total. The van der Waals surface area contributed by atoms with Crippen LogP contribution in [0.5, 0.6) is 5.75 Å². The molecule has 2 unspecified atom stereocenters. The minimum atomic E-state index is -0.617. The van der Waals surface area contributed by atoms with E-state index in [1.165, 1.54) is 18.6 Å². The number of hydrogen-bond acceptors (Lipinski definition) is 2. The van der Waals surface area contributed by atoms with E-state index in [2.05, 4.69) is 13.8 Å². The SMILES string of the molecule is CC1(C)CCCC2(CC(O)c3cc(F)ccc3O2)C1. The first-order valence-corrected chi connectivity index (χ1v) is 7.06. The van der Waals surface area contributed by atoms with Crippen LogP contribution in [0.2, 0.25) is 0 Å². The lowest BCUT2D eigenvalue weighted by Gasteiger charge is -2.48. The van der Waals surface area contributed by atoms with Crippen molar-refractivity contribution in [3.05, 3.63) is 29.6 Å². The summed E-state index contributed by atoms with van der Waals surface area (Å²) in [7, 11) is 0. The minimum absolute atomic E-state index is 0.246. The standard InChI is InChI=1S/C16H21FO2/c1-15(2)6-3-7-16(10-15)9-13(18)12-8-11(17)4-5-14(12)19-16/h4-5,8,13,18H,3,6-7,9-10H2,1-2H3. The average Bonchev–Trinajstić information content (AvgIpc) is 2.29. The smallest absolute Gasteiger partial charge is 0.126 e. The predicted octanol–water partition coefficient (Wildman–Crippen LogP) is 3.98. The van der Waals surface area contributed by atoms with E-state index in [-0.39, 0.29) is 16.8 Å². The van der Waals surface area contributed by atoms with Gasteiger partial charge in [-0.3, -0.25) is 0 Å². The number of aliphatic hydroxyl groups excluding tert-OH is 1. The fourth-order valence-corrected chi connectivity index (χ4v) is 3.81. The number of halogens is 1. The number of ether oxygens (including phenoxy) is 1. The Balaban J connectivity index is 1.94. The van der Waals surface area contributed by atoms with E-state index in [4.69, 9.17) is 4.74 Å². The van der Waals surface area contributed by atoms with Crippen molar-refractivity contribution in [2.45, 2.75) is 57.7 Å². The molecule has 1 aromatic carbocycles. The molecule has 1 aliphatic carbocycles. The van der Waals surface area contributed by atoms with Crippen molar-refractivity contribution < 1.29 is 14.2 Å². The highest BCUT2D eigenvalue weighted by atomic mass is 19.1. The number of benzene rings is 1. The summed E-state index contributed by atoms with van der Waals surface area (Å²) in [5.74, 6) is 0.333.